The van der Waals surface area contributed by atoms with E-state index in [1.54, 1.807) is 16.8 Å². The molecule has 2 N–H and O–H groups in total. The molecule has 16 heavy (non-hydrogen) atoms. The molecule has 1 aliphatic carbocycles. The van der Waals surface area contributed by atoms with E-state index in [0.29, 0.717) is 18.5 Å². The van der Waals surface area contributed by atoms with Crippen molar-refractivity contribution in [2.75, 3.05) is 0 Å². The van der Waals surface area contributed by atoms with Gasteiger partial charge < -0.3 is 5.73 Å². The first-order chi connectivity index (χ1) is 7.66. The second-order valence-electron chi connectivity index (χ2n) is 4.68. The predicted octanol–water partition coefficient (Wildman–Crippen LogP) is 1.07. The number of hydrogen-bond acceptors (Lipinski definition) is 3. The Morgan fingerprint density at radius 2 is 2.31 bits per heavy atom. The van der Waals surface area contributed by atoms with E-state index in [2.05, 4.69) is 5.10 Å². The van der Waals surface area contributed by atoms with Crippen LogP contribution in [0.15, 0.2) is 16.9 Å². The molecule has 0 aromatic carbocycles. The molecule has 2 unspecified atom stereocenters. The molecule has 2 rings (SSSR count). The highest BCUT2D eigenvalue weighted by molar-refractivity contribution is 4.97. The van der Waals surface area contributed by atoms with Gasteiger partial charge in [-0.05, 0) is 38.2 Å². The molecule has 4 heteroatoms. The van der Waals surface area contributed by atoms with Gasteiger partial charge in [0.2, 0.25) is 0 Å². The molecule has 1 aromatic heterocycles. The fourth-order valence-electron chi connectivity index (χ4n) is 2.42. The van der Waals surface area contributed by atoms with Gasteiger partial charge in [-0.15, -0.1) is 0 Å². The van der Waals surface area contributed by atoms with Crippen LogP contribution in [0, 0.1) is 12.8 Å². The van der Waals surface area contributed by atoms with Gasteiger partial charge in [0.25, 0.3) is 5.56 Å². The normalized spacial score (nSPS) is 24.9. The van der Waals surface area contributed by atoms with E-state index in [0.717, 1.165) is 18.5 Å². The average molecular weight is 221 g/mol. The Kier molecular flexibility index (Phi) is 3.39. The number of rotatable bonds is 3. The lowest BCUT2D eigenvalue weighted by Gasteiger charge is -2.15. The second-order valence-corrected chi connectivity index (χ2v) is 4.68. The highest BCUT2D eigenvalue weighted by Gasteiger charge is 2.23. The summed E-state index contributed by atoms with van der Waals surface area (Å²) >= 11 is 0. The Bertz CT molecular complexity index is 413. The summed E-state index contributed by atoms with van der Waals surface area (Å²) < 4.78 is 1.56. The van der Waals surface area contributed by atoms with Crippen molar-refractivity contribution >= 4 is 0 Å². The predicted molar refractivity (Wildman–Crippen MR) is 63.2 cm³/mol. The van der Waals surface area contributed by atoms with Gasteiger partial charge in [-0.25, -0.2) is 4.68 Å². The number of aromatic nitrogens is 2. The molecular weight excluding hydrogens is 202 g/mol. The molecule has 1 aliphatic rings. The van der Waals surface area contributed by atoms with Crippen LogP contribution in [0.2, 0.25) is 0 Å². The Morgan fingerprint density at radius 3 is 3.00 bits per heavy atom. The van der Waals surface area contributed by atoms with Gasteiger partial charge in [-0.1, -0.05) is 6.42 Å². The minimum Gasteiger partial charge on any atom is -0.327 e. The minimum absolute atomic E-state index is 0.0165. The molecule has 1 saturated carbocycles. The van der Waals surface area contributed by atoms with E-state index in [9.17, 15) is 4.79 Å². The largest absolute Gasteiger partial charge is 0.327 e. The minimum atomic E-state index is -0.0165. The van der Waals surface area contributed by atoms with Crippen LogP contribution in [0.4, 0.5) is 0 Å². The Balaban J connectivity index is 1.99. The maximum absolute atomic E-state index is 11.5. The quantitative estimate of drug-likeness (QED) is 0.830. The van der Waals surface area contributed by atoms with Crippen molar-refractivity contribution in [3.8, 4) is 0 Å². The van der Waals surface area contributed by atoms with E-state index in [1.165, 1.54) is 12.8 Å². The monoisotopic (exact) mass is 221 g/mol. The first-order valence-corrected chi connectivity index (χ1v) is 5.97. The molecule has 2 atom stereocenters. The van der Waals surface area contributed by atoms with Crippen molar-refractivity contribution in [3.05, 3.63) is 28.2 Å². The van der Waals surface area contributed by atoms with E-state index >= 15 is 0 Å². The Labute approximate surface area is 95.5 Å². The van der Waals surface area contributed by atoms with Crippen LogP contribution in [-0.2, 0) is 6.54 Å². The maximum atomic E-state index is 11.5. The molecule has 0 saturated heterocycles. The molecule has 88 valence electrons. The third-order valence-electron chi connectivity index (χ3n) is 3.43. The van der Waals surface area contributed by atoms with Crippen LogP contribution < -0.4 is 11.3 Å². The summed E-state index contributed by atoms with van der Waals surface area (Å²) in [6.07, 6.45) is 4.52. The van der Waals surface area contributed by atoms with Crippen LogP contribution in [0.25, 0.3) is 0 Å². The molecule has 0 spiro atoms. The summed E-state index contributed by atoms with van der Waals surface area (Å²) in [5.41, 5.74) is 6.87. The lowest BCUT2D eigenvalue weighted by Crippen LogP contribution is -2.28. The number of hydrogen-bond donors (Lipinski definition) is 1. The van der Waals surface area contributed by atoms with Crippen molar-refractivity contribution in [1.82, 2.24) is 9.78 Å². The van der Waals surface area contributed by atoms with Crippen molar-refractivity contribution in [2.24, 2.45) is 11.7 Å². The average Bonchev–Trinajstić information content (AvgIpc) is 2.66. The molecule has 1 aromatic rings. The van der Waals surface area contributed by atoms with Crippen LogP contribution in [0.5, 0.6) is 0 Å². The van der Waals surface area contributed by atoms with Gasteiger partial charge in [0.1, 0.15) is 0 Å². The summed E-state index contributed by atoms with van der Waals surface area (Å²) in [5, 5.41) is 4.22. The van der Waals surface area contributed by atoms with Crippen LogP contribution in [0.3, 0.4) is 0 Å². The summed E-state index contributed by atoms with van der Waals surface area (Å²) in [5.74, 6) is 0.564. The third-order valence-corrected chi connectivity index (χ3v) is 3.43. The Morgan fingerprint density at radius 1 is 1.50 bits per heavy atom. The fourth-order valence-corrected chi connectivity index (χ4v) is 2.42. The highest BCUT2D eigenvalue weighted by Crippen LogP contribution is 2.26. The Hall–Kier alpha value is -1.16. The molecule has 0 bridgehead atoms. The first kappa shape index (κ1) is 11.3. The van der Waals surface area contributed by atoms with Crippen molar-refractivity contribution < 1.29 is 0 Å². The lowest BCUT2D eigenvalue weighted by atomic mass is 10.0. The van der Waals surface area contributed by atoms with E-state index in [4.69, 9.17) is 5.73 Å². The smallest absolute Gasteiger partial charge is 0.266 e. The van der Waals surface area contributed by atoms with Gasteiger partial charge in [0.05, 0.1) is 5.69 Å². The topological polar surface area (TPSA) is 60.9 Å². The van der Waals surface area contributed by atoms with Gasteiger partial charge in [0, 0.05) is 18.7 Å². The molecule has 4 nitrogen and oxygen atoms in total. The maximum Gasteiger partial charge on any atom is 0.266 e. The first-order valence-electron chi connectivity index (χ1n) is 5.97. The molecule has 0 amide bonds. The van der Waals surface area contributed by atoms with Gasteiger partial charge in [-0.3, -0.25) is 4.79 Å². The SMILES string of the molecule is Cc1ccc(=O)n(CCC2CCCC2N)n1. The van der Waals surface area contributed by atoms with Gasteiger partial charge >= 0.3 is 0 Å². The molecule has 0 radical (unpaired) electrons. The number of nitrogens with two attached hydrogens (primary N) is 1. The van der Waals surface area contributed by atoms with Crippen LogP contribution in [0.1, 0.15) is 31.4 Å². The number of nitrogens with zero attached hydrogens (tertiary/aromatic N) is 2. The zero-order valence-electron chi connectivity index (χ0n) is 9.72. The summed E-state index contributed by atoms with van der Waals surface area (Å²) in [6, 6.07) is 3.65. The highest BCUT2D eigenvalue weighted by atomic mass is 16.1. The van der Waals surface area contributed by atoms with Gasteiger partial charge in [-0.2, -0.15) is 5.10 Å². The molecule has 1 heterocycles. The van der Waals surface area contributed by atoms with Crippen LogP contribution in [-0.4, -0.2) is 15.8 Å². The summed E-state index contributed by atoms with van der Waals surface area (Å²) in [6.45, 7) is 2.59. The standard InChI is InChI=1S/C12H19N3O/c1-9-5-6-12(16)15(14-9)8-7-10-3-2-4-11(10)13/h5-6,10-11H,2-4,7-8,13H2,1H3. The van der Waals surface area contributed by atoms with Crippen LogP contribution >= 0.6 is 0 Å². The summed E-state index contributed by atoms with van der Waals surface area (Å²) in [7, 11) is 0. The van der Waals surface area contributed by atoms with Crippen molar-refractivity contribution in [1.29, 1.82) is 0 Å². The molecule has 0 aliphatic heterocycles. The van der Waals surface area contributed by atoms with Gasteiger partial charge in [0.15, 0.2) is 0 Å². The zero-order valence-corrected chi connectivity index (χ0v) is 9.72. The van der Waals surface area contributed by atoms with E-state index in [-0.39, 0.29) is 5.56 Å². The third kappa shape index (κ3) is 2.50. The lowest BCUT2D eigenvalue weighted by molar-refractivity contribution is 0.394. The zero-order chi connectivity index (χ0) is 11.5. The van der Waals surface area contributed by atoms with Crippen molar-refractivity contribution in [2.45, 2.75) is 45.2 Å². The molecular formula is C12H19N3O. The van der Waals surface area contributed by atoms with E-state index < -0.39 is 0 Å². The molecule has 1 fully saturated rings. The number of aryl methyl sites for hydroxylation is 2. The summed E-state index contributed by atoms with van der Waals surface area (Å²) in [4.78, 5) is 11.5. The fraction of sp³-hybridized carbons (Fsp3) is 0.667. The van der Waals surface area contributed by atoms with E-state index in [1.807, 2.05) is 6.92 Å². The van der Waals surface area contributed by atoms with Crippen molar-refractivity contribution in [3.63, 3.8) is 0 Å². The second kappa shape index (κ2) is 4.78.